The molecule has 0 saturated heterocycles. The zero-order chi connectivity index (χ0) is 21.6. The molecule has 30 heavy (non-hydrogen) atoms. The Kier molecular flexibility index (Phi) is 7.03. The summed E-state index contributed by atoms with van der Waals surface area (Å²) in [7, 11) is -2.14. The van der Waals surface area contributed by atoms with Crippen molar-refractivity contribution < 1.29 is 13.2 Å². The van der Waals surface area contributed by atoms with Gasteiger partial charge in [-0.25, -0.2) is 8.42 Å². The molecule has 3 rings (SSSR count). The highest BCUT2D eigenvalue weighted by Gasteiger charge is 2.28. The number of rotatable bonds is 8. The maximum atomic E-state index is 13.3. The zero-order valence-corrected chi connectivity index (χ0v) is 18.0. The van der Waals surface area contributed by atoms with Gasteiger partial charge in [0, 0.05) is 20.1 Å². The summed E-state index contributed by atoms with van der Waals surface area (Å²) in [6, 6.07) is 25.6. The SMILES string of the molecule is Cc1ccc(S(=O)(=O)N(CC(=O)N(C)Cc2ccccc2)Cc2ccccc2)cc1. The lowest BCUT2D eigenvalue weighted by atomic mass is 10.2. The number of likely N-dealkylation sites (N-methyl/N-ethyl adjacent to an activating group) is 1. The molecule has 0 aromatic heterocycles. The van der Waals surface area contributed by atoms with Crippen molar-refractivity contribution in [2.45, 2.75) is 24.9 Å². The number of hydrogen-bond acceptors (Lipinski definition) is 3. The maximum Gasteiger partial charge on any atom is 0.243 e. The van der Waals surface area contributed by atoms with Crippen molar-refractivity contribution in [2.75, 3.05) is 13.6 Å². The minimum absolute atomic E-state index is 0.127. The Morgan fingerprint density at radius 2 is 1.27 bits per heavy atom. The summed E-state index contributed by atoms with van der Waals surface area (Å²) >= 11 is 0. The van der Waals surface area contributed by atoms with Crippen LogP contribution in [0.4, 0.5) is 0 Å². The third-order valence-electron chi connectivity index (χ3n) is 4.86. The van der Waals surface area contributed by atoms with E-state index in [2.05, 4.69) is 0 Å². The van der Waals surface area contributed by atoms with Gasteiger partial charge >= 0.3 is 0 Å². The monoisotopic (exact) mass is 422 g/mol. The van der Waals surface area contributed by atoms with E-state index in [4.69, 9.17) is 0 Å². The number of sulfonamides is 1. The molecule has 0 aliphatic rings. The van der Waals surface area contributed by atoms with Gasteiger partial charge in [-0.3, -0.25) is 4.79 Å². The van der Waals surface area contributed by atoms with E-state index in [1.807, 2.05) is 67.6 Å². The molecule has 3 aromatic carbocycles. The molecule has 6 heteroatoms. The highest BCUT2D eigenvalue weighted by atomic mass is 32.2. The highest BCUT2D eigenvalue weighted by Crippen LogP contribution is 2.19. The zero-order valence-electron chi connectivity index (χ0n) is 17.2. The topological polar surface area (TPSA) is 57.7 Å². The second kappa shape index (κ2) is 9.69. The Morgan fingerprint density at radius 3 is 1.80 bits per heavy atom. The summed E-state index contributed by atoms with van der Waals surface area (Å²) < 4.78 is 27.9. The molecule has 0 spiro atoms. The van der Waals surface area contributed by atoms with Crippen LogP contribution in [-0.4, -0.2) is 37.1 Å². The van der Waals surface area contributed by atoms with Crippen LogP contribution < -0.4 is 0 Å². The van der Waals surface area contributed by atoms with Crippen LogP contribution in [-0.2, 0) is 27.9 Å². The van der Waals surface area contributed by atoms with E-state index in [0.29, 0.717) is 6.54 Å². The summed E-state index contributed by atoms with van der Waals surface area (Å²) in [5.74, 6) is -0.259. The molecule has 0 atom stereocenters. The molecule has 0 saturated carbocycles. The fourth-order valence-electron chi connectivity index (χ4n) is 3.09. The van der Waals surface area contributed by atoms with E-state index in [0.717, 1.165) is 16.7 Å². The van der Waals surface area contributed by atoms with E-state index < -0.39 is 10.0 Å². The Bertz CT molecular complexity index is 1070. The van der Waals surface area contributed by atoms with Gasteiger partial charge in [-0.05, 0) is 30.2 Å². The molecule has 0 N–H and O–H groups in total. The quantitative estimate of drug-likeness (QED) is 0.554. The lowest BCUT2D eigenvalue weighted by molar-refractivity contribution is -0.130. The van der Waals surface area contributed by atoms with Crippen molar-refractivity contribution >= 4 is 15.9 Å². The Hall–Kier alpha value is -2.96. The molecular formula is C24H26N2O3S. The summed E-state index contributed by atoms with van der Waals surface area (Å²) in [4.78, 5) is 14.6. The average Bonchev–Trinajstić information content (AvgIpc) is 2.75. The van der Waals surface area contributed by atoms with Crippen molar-refractivity contribution in [3.8, 4) is 0 Å². The summed E-state index contributed by atoms with van der Waals surface area (Å²) in [5.41, 5.74) is 2.79. The molecule has 0 heterocycles. The predicted molar refractivity (Wildman–Crippen MR) is 118 cm³/mol. The Balaban J connectivity index is 1.83. The van der Waals surface area contributed by atoms with Gasteiger partial charge in [-0.1, -0.05) is 78.4 Å². The minimum atomic E-state index is -3.83. The fourth-order valence-corrected chi connectivity index (χ4v) is 4.47. The fraction of sp³-hybridized carbons (Fsp3) is 0.208. The highest BCUT2D eigenvalue weighted by molar-refractivity contribution is 7.89. The third-order valence-corrected chi connectivity index (χ3v) is 6.67. The first kappa shape index (κ1) is 21.7. The smallest absolute Gasteiger partial charge is 0.243 e. The van der Waals surface area contributed by atoms with E-state index in [1.165, 1.54) is 4.31 Å². The normalized spacial score (nSPS) is 11.4. The van der Waals surface area contributed by atoms with E-state index in [-0.39, 0.29) is 23.9 Å². The molecular weight excluding hydrogens is 396 g/mol. The van der Waals surface area contributed by atoms with Crippen LogP contribution >= 0.6 is 0 Å². The van der Waals surface area contributed by atoms with Gasteiger partial charge in [0.1, 0.15) is 0 Å². The molecule has 0 radical (unpaired) electrons. The molecule has 156 valence electrons. The molecule has 3 aromatic rings. The van der Waals surface area contributed by atoms with Gasteiger partial charge < -0.3 is 4.90 Å². The van der Waals surface area contributed by atoms with Crippen LogP contribution in [0.15, 0.2) is 89.8 Å². The lowest BCUT2D eigenvalue weighted by Crippen LogP contribution is -2.40. The van der Waals surface area contributed by atoms with E-state index in [9.17, 15) is 13.2 Å². The third kappa shape index (κ3) is 5.55. The van der Waals surface area contributed by atoms with Crippen LogP contribution in [0.1, 0.15) is 16.7 Å². The molecule has 0 aliphatic heterocycles. The molecule has 0 unspecified atom stereocenters. The number of amides is 1. The van der Waals surface area contributed by atoms with Crippen LogP contribution in [0.3, 0.4) is 0 Å². The van der Waals surface area contributed by atoms with Crippen LogP contribution in [0.25, 0.3) is 0 Å². The van der Waals surface area contributed by atoms with Crippen molar-refractivity contribution in [1.82, 2.24) is 9.21 Å². The molecule has 0 bridgehead atoms. The lowest BCUT2D eigenvalue weighted by Gasteiger charge is -2.25. The number of benzene rings is 3. The second-order valence-electron chi connectivity index (χ2n) is 7.31. The van der Waals surface area contributed by atoms with E-state index >= 15 is 0 Å². The van der Waals surface area contributed by atoms with Crippen molar-refractivity contribution in [2.24, 2.45) is 0 Å². The van der Waals surface area contributed by atoms with Crippen molar-refractivity contribution in [3.63, 3.8) is 0 Å². The number of hydrogen-bond donors (Lipinski definition) is 0. The molecule has 0 fully saturated rings. The predicted octanol–water partition coefficient (Wildman–Crippen LogP) is 3.84. The number of aryl methyl sites for hydroxylation is 1. The van der Waals surface area contributed by atoms with Crippen molar-refractivity contribution in [1.29, 1.82) is 0 Å². The first-order chi connectivity index (χ1) is 14.4. The summed E-state index contributed by atoms with van der Waals surface area (Å²) in [5, 5.41) is 0. The number of carbonyl (C=O) groups excluding carboxylic acids is 1. The summed E-state index contributed by atoms with van der Waals surface area (Å²) in [6.45, 7) is 2.22. The first-order valence-electron chi connectivity index (χ1n) is 9.75. The van der Waals surface area contributed by atoms with Gasteiger partial charge in [0.25, 0.3) is 0 Å². The average molecular weight is 423 g/mol. The molecule has 1 amide bonds. The van der Waals surface area contributed by atoms with Crippen molar-refractivity contribution in [3.05, 3.63) is 102 Å². The van der Waals surface area contributed by atoms with E-state index in [1.54, 1.807) is 36.2 Å². The van der Waals surface area contributed by atoms with Gasteiger partial charge in [-0.2, -0.15) is 4.31 Å². The van der Waals surface area contributed by atoms with Gasteiger partial charge in [0.15, 0.2) is 0 Å². The first-order valence-corrected chi connectivity index (χ1v) is 11.2. The summed E-state index contributed by atoms with van der Waals surface area (Å²) in [6.07, 6.45) is 0. The Labute approximate surface area is 178 Å². The number of nitrogens with zero attached hydrogens (tertiary/aromatic N) is 2. The molecule has 5 nitrogen and oxygen atoms in total. The van der Waals surface area contributed by atoms with Gasteiger partial charge in [0.05, 0.1) is 11.4 Å². The largest absolute Gasteiger partial charge is 0.340 e. The maximum absolute atomic E-state index is 13.3. The van der Waals surface area contributed by atoms with Gasteiger partial charge in [0.2, 0.25) is 15.9 Å². The second-order valence-corrected chi connectivity index (χ2v) is 9.25. The van der Waals surface area contributed by atoms with Gasteiger partial charge in [-0.15, -0.1) is 0 Å². The standard InChI is InChI=1S/C24H26N2O3S/c1-20-13-15-23(16-14-20)30(28,29)26(18-22-11-7-4-8-12-22)19-24(27)25(2)17-21-9-5-3-6-10-21/h3-16H,17-19H2,1-2H3. The van der Waals surface area contributed by atoms with Crippen LogP contribution in [0, 0.1) is 6.92 Å². The minimum Gasteiger partial charge on any atom is -0.340 e. The Morgan fingerprint density at radius 1 is 0.767 bits per heavy atom. The van der Waals surface area contributed by atoms with Crippen LogP contribution in [0.2, 0.25) is 0 Å². The van der Waals surface area contributed by atoms with Crippen LogP contribution in [0.5, 0.6) is 0 Å². The molecule has 0 aliphatic carbocycles. The number of carbonyl (C=O) groups is 1.